The van der Waals surface area contributed by atoms with E-state index in [1.807, 2.05) is 72.8 Å². The summed E-state index contributed by atoms with van der Waals surface area (Å²) < 4.78 is 5.86. The minimum atomic E-state index is -0.282. The first-order chi connectivity index (χ1) is 13.7. The van der Waals surface area contributed by atoms with Crippen molar-refractivity contribution in [1.29, 1.82) is 0 Å². The second-order valence-electron chi connectivity index (χ2n) is 6.21. The molecule has 0 aliphatic rings. The van der Waals surface area contributed by atoms with Crippen molar-refractivity contribution in [2.24, 2.45) is 0 Å². The third kappa shape index (κ3) is 3.97. The van der Waals surface area contributed by atoms with Gasteiger partial charge in [0.1, 0.15) is 5.75 Å². The lowest BCUT2D eigenvalue weighted by molar-refractivity contribution is -0.118. The van der Waals surface area contributed by atoms with Gasteiger partial charge in [0.2, 0.25) is 0 Å². The zero-order valence-electron chi connectivity index (χ0n) is 14.9. The Morgan fingerprint density at radius 2 is 1.64 bits per heavy atom. The molecule has 1 amide bonds. The minimum Gasteiger partial charge on any atom is -0.483 e. The fraction of sp³-hybridized carbons (Fsp3) is 0.0435. The molecule has 0 fully saturated rings. The Morgan fingerprint density at radius 3 is 2.46 bits per heavy atom. The van der Waals surface area contributed by atoms with Gasteiger partial charge in [-0.2, -0.15) is 0 Å². The predicted molar refractivity (Wildman–Crippen MR) is 113 cm³/mol. The Bertz CT molecular complexity index is 1130. The van der Waals surface area contributed by atoms with E-state index in [2.05, 4.69) is 5.32 Å². The van der Waals surface area contributed by atoms with E-state index in [1.165, 1.54) is 0 Å². The number of carbonyl (C=O) groups excluding carboxylic acids is 1. The molecule has 3 aromatic carbocycles. The lowest BCUT2D eigenvalue weighted by Crippen LogP contribution is -2.20. The number of benzene rings is 3. The maximum atomic E-state index is 12.3. The molecule has 138 valence electrons. The van der Waals surface area contributed by atoms with Crippen molar-refractivity contribution in [3.8, 4) is 17.0 Å². The van der Waals surface area contributed by atoms with Crippen LogP contribution in [0.5, 0.6) is 5.75 Å². The topological polar surface area (TPSA) is 51.2 Å². The second-order valence-corrected chi connectivity index (χ2v) is 6.61. The number of hydrogen-bond acceptors (Lipinski definition) is 3. The first-order valence-electron chi connectivity index (χ1n) is 8.83. The molecule has 0 radical (unpaired) electrons. The molecule has 0 bridgehead atoms. The number of aromatic nitrogens is 1. The van der Waals surface area contributed by atoms with E-state index in [0.717, 1.165) is 22.2 Å². The molecule has 1 N–H and O–H groups in total. The Morgan fingerprint density at radius 1 is 0.929 bits per heavy atom. The molecule has 0 aliphatic carbocycles. The normalized spacial score (nSPS) is 10.6. The van der Waals surface area contributed by atoms with Crippen molar-refractivity contribution in [2.75, 3.05) is 11.9 Å². The molecule has 0 saturated heterocycles. The van der Waals surface area contributed by atoms with Crippen LogP contribution in [0, 0.1) is 0 Å². The van der Waals surface area contributed by atoms with E-state index in [-0.39, 0.29) is 12.5 Å². The number of halogens is 1. The number of para-hydroxylation sites is 2. The van der Waals surface area contributed by atoms with E-state index < -0.39 is 0 Å². The number of amides is 1. The van der Waals surface area contributed by atoms with E-state index in [4.69, 9.17) is 21.3 Å². The van der Waals surface area contributed by atoms with Gasteiger partial charge in [0.05, 0.1) is 21.9 Å². The van der Waals surface area contributed by atoms with Crippen LogP contribution in [0.2, 0.25) is 5.02 Å². The van der Waals surface area contributed by atoms with Crippen LogP contribution in [-0.2, 0) is 4.79 Å². The average molecular weight is 389 g/mol. The summed E-state index contributed by atoms with van der Waals surface area (Å²) in [4.78, 5) is 17.0. The van der Waals surface area contributed by atoms with Crippen molar-refractivity contribution in [3.05, 3.63) is 90.0 Å². The molecule has 28 heavy (non-hydrogen) atoms. The highest BCUT2D eigenvalue weighted by molar-refractivity contribution is 6.33. The van der Waals surface area contributed by atoms with Crippen molar-refractivity contribution in [1.82, 2.24) is 4.98 Å². The fourth-order valence-corrected chi connectivity index (χ4v) is 3.09. The van der Waals surface area contributed by atoms with Crippen LogP contribution in [0.4, 0.5) is 5.69 Å². The molecule has 0 unspecified atom stereocenters. The number of pyridine rings is 1. The molecule has 0 saturated carbocycles. The Kier molecular flexibility index (Phi) is 5.22. The molecule has 4 aromatic rings. The van der Waals surface area contributed by atoms with E-state index in [1.54, 1.807) is 12.1 Å². The monoisotopic (exact) mass is 388 g/mol. The van der Waals surface area contributed by atoms with Gasteiger partial charge in [-0.05, 0) is 24.3 Å². The van der Waals surface area contributed by atoms with E-state index in [0.29, 0.717) is 16.5 Å². The van der Waals surface area contributed by atoms with Crippen molar-refractivity contribution < 1.29 is 9.53 Å². The third-order valence-electron chi connectivity index (χ3n) is 4.25. The van der Waals surface area contributed by atoms with Gasteiger partial charge < -0.3 is 10.1 Å². The molecule has 0 aliphatic heterocycles. The highest BCUT2D eigenvalue weighted by Crippen LogP contribution is 2.30. The molecular formula is C23H17ClN2O2. The molecule has 4 rings (SSSR count). The summed E-state index contributed by atoms with van der Waals surface area (Å²) in [6, 6.07) is 26.5. The van der Waals surface area contributed by atoms with Crippen LogP contribution in [-0.4, -0.2) is 17.5 Å². The van der Waals surface area contributed by atoms with Crippen LogP contribution < -0.4 is 10.1 Å². The number of ether oxygens (including phenoxy) is 1. The molecule has 1 heterocycles. The molecule has 0 atom stereocenters. The number of fused-ring (bicyclic) bond motifs is 1. The smallest absolute Gasteiger partial charge is 0.262 e. The van der Waals surface area contributed by atoms with Gasteiger partial charge in [-0.1, -0.05) is 66.2 Å². The molecule has 4 nitrogen and oxygen atoms in total. The fourth-order valence-electron chi connectivity index (χ4n) is 2.91. The summed E-state index contributed by atoms with van der Waals surface area (Å²) in [5.74, 6) is 0.328. The highest BCUT2D eigenvalue weighted by atomic mass is 35.5. The second kappa shape index (κ2) is 8.11. The van der Waals surface area contributed by atoms with E-state index in [9.17, 15) is 4.79 Å². The molecule has 0 spiro atoms. The van der Waals surface area contributed by atoms with Crippen molar-refractivity contribution >= 4 is 34.1 Å². The Hall–Kier alpha value is -3.37. The quantitative estimate of drug-likeness (QED) is 0.486. The summed E-state index contributed by atoms with van der Waals surface area (Å²) in [5, 5.41) is 4.10. The summed E-state index contributed by atoms with van der Waals surface area (Å²) >= 11 is 6.09. The SMILES string of the molecule is O=C(COc1cc(-c2ccccc2)nc2ccccc12)Nc1ccccc1Cl. The standard InChI is InChI=1S/C23H17ClN2O2/c24-18-11-5-7-13-20(18)26-23(27)15-28-22-14-21(16-8-2-1-3-9-16)25-19-12-6-4-10-17(19)22/h1-14H,15H2,(H,26,27). The van der Waals surface area contributed by atoms with Gasteiger partial charge in [-0.3, -0.25) is 4.79 Å². The molecular weight excluding hydrogens is 372 g/mol. The van der Waals surface area contributed by atoms with Crippen LogP contribution in [0.3, 0.4) is 0 Å². The third-order valence-corrected chi connectivity index (χ3v) is 4.58. The first kappa shape index (κ1) is 18.0. The van der Waals surface area contributed by atoms with Gasteiger partial charge in [-0.15, -0.1) is 0 Å². The van der Waals surface area contributed by atoms with Gasteiger partial charge in [0.15, 0.2) is 6.61 Å². The van der Waals surface area contributed by atoms with Crippen LogP contribution in [0.25, 0.3) is 22.2 Å². The van der Waals surface area contributed by atoms with Gasteiger partial charge >= 0.3 is 0 Å². The summed E-state index contributed by atoms with van der Waals surface area (Å²) in [7, 11) is 0. The maximum absolute atomic E-state index is 12.3. The lowest BCUT2D eigenvalue weighted by atomic mass is 10.1. The lowest BCUT2D eigenvalue weighted by Gasteiger charge is -2.12. The highest BCUT2D eigenvalue weighted by Gasteiger charge is 2.11. The zero-order valence-corrected chi connectivity index (χ0v) is 15.7. The summed E-state index contributed by atoms with van der Waals surface area (Å²) in [6.07, 6.45) is 0. The van der Waals surface area contributed by atoms with Crippen molar-refractivity contribution in [3.63, 3.8) is 0 Å². The summed E-state index contributed by atoms with van der Waals surface area (Å²) in [6.45, 7) is -0.131. The number of hydrogen-bond donors (Lipinski definition) is 1. The maximum Gasteiger partial charge on any atom is 0.262 e. The van der Waals surface area contributed by atoms with Crippen LogP contribution >= 0.6 is 11.6 Å². The van der Waals surface area contributed by atoms with E-state index >= 15 is 0 Å². The van der Waals surface area contributed by atoms with Crippen LogP contribution in [0.1, 0.15) is 0 Å². The number of nitrogens with zero attached hydrogens (tertiary/aromatic N) is 1. The number of nitrogens with one attached hydrogen (secondary N) is 1. The zero-order chi connectivity index (χ0) is 19.3. The number of carbonyl (C=O) groups is 1. The summed E-state index contributed by atoms with van der Waals surface area (Å²) in [5.41, 5.74) is 3.15. The number of rotatable bonds is 5. The van der Waals surface area contributed by atoms with Gasteiger partial charge in [0, 0.05) is 17.0 Å². The Balaban J connectivity index is 1.59. The molecule has 1 aromatic heterocycles. The largest absolute Gasteiger partial charge is 0.483 e. The predicted octanol–water partition coefficient (Wildman–Crippen LogP) is 5.57. The van der Waals surface area contributed by atoms with Crippen molar-refractivity contribution in [2.45, 2.75) is 0 Å². The Labute approximate surface area is 167 Å². The minimum absolute atomic E-state index is 0.131. The number of anilines is 1. The van der Waals surface area contributed by atoms with Gasteiger partial charge in [0.25, 0.3) is 5.91 Å². The average Bonchev–Trinajstić information content (AvgIpc) is 2.74. The molecule has 5 heteroatoms. The van der Waals surface area contributed by atoms with Gasteiger partial charge in [-0.25, -0.2) is 4.98 Å². The van der Waals surface area contributed by atoms with Crippen LogP contribution in [0.15, 0.2) is 84.9 Å². The first-order valence-corrected chi connectivity index (χ1v) is 9.21.